The van der Waals surface area contributed by atoms with Gasteiger partial charge in [0.2, 0.25) is 0 Å². The van der Waals surface area contributed by atoms with Crippen molar-refractivity contribution in [2.75, 3.05) is 24.7 Å². The number of imidazole rings is 2. The molecule has 2 fully saturated rings. The summed E-state index contributed by atoms with van der Waals surface area (Å²) in [5.41, 5.74) is 13.8. The smallest absolute Gasteiger partial charge is 0.387 e. The minimum absolute atomic E-state index is 0.0178. The van der Waals surface area contributed by atoms with Gasteiger partial charge in [-0.05, 0) is 11.1 Å². The van der Waals surface area contributed by atoms with Gasteiger partial charge in [0.05, 0.1) is 39.1 Å². The maximum Gasteiger partial charge on any atom is 0.490 e. The van der Waals surface area contributed by atoms with E-state index in [0.717, 1.165) is 12.7 Å². The molecule has 33 heteroatoms. The third kappa shape index (κ3) is 11.5. The molecule has 0 amide bonds. The number of nitrogen functional groups attached to an aromatic ring is 2. The van der Waals surface area contributed by atoms with Crippen molar-refractivity contribution >= 4 is 65.3 Å². The lowest BCUT2D eigenvalue weighted by Gasteiger charge is -2.23. The first-order valence-electron chi connectivity index (χ1n) is 19.4. The van der Waals surface area contributed by atoms with Crippen LogP contribution >= 0.6 is 31.3 Å². The zero-order chi connectivity index (χ0) is 47.7. The van der Waals surface area contributed by atoms with E-state index in [9.17, 15) is 48.0 Å². The number of aliphatic hydroxyl groups is 2. The van der Waals surface area contributed by atoms with Crippen LogP contribution < -0.4 is 11.5 Å². The molecule has 0 spiro atoms. The number of anilines is 2. The summed E-state index contributed by atoms with van der Waals surface area (Å²) in [6.45, 7) is -2.18. The fraction of sp³-hybridized carbons (Fsp3) is 0.353. The molecule has 2 saturated heterocycles. The number of hydrogen-bond donors (Lipinski definition) is 8. The molecule has 29 nitrogen and oxygen atoms in total. The molecule has 10 N–H and O–H groups in total. The normalized spacial score (nSPS) is 26.8. The average Bonchev–Trinajstić information content (AvgIpc) is 4.04. The number of nitrogens with zero attached hydrogens (tertiary/aromatic N) is 8. The molecule has 4 unspecified atom stereocenters. The van der Waals surface area contributed by atoms with E-state index in [1.165, 1.54) is 21.8 Å². The van der Waals surface area contributed by atoms with Crippen molar-refractivity contribution in [3.8, 4) is 0 Å². The van der Waals surface area contributed by atoms with Crippen LogP contribution in [0.1, 0.15) is 23.6 Å². The van der Waals surface area contributed by atoms with Crippen LogP contribution in [0.3, 0.4) is 0 Å². The average molecular weight is 1020 g/mol. The minimum Gasteiger partial charge on any atom is -0.387 e. The highest BCUT2D eigenvalue weighted by Crippen LogP contribution is 2.71. The summed E-state index contributed by atoms with van der Waals surface area (Å²) in [5, 5.41) is 22.6. The number of hydrogen-bond acceptors (Lipinski definition) is 23. The van der Waals surface area contributed by atoms with Crippen LogP contribution in [0.25, 0.3) is 22.3 Å². The second-order valence-corrected chi connectivity index (χ2v) is 20.7. The Hall–Kier alpha value is -4.54. The molecular weight excluding hydrogens is 976 g/mol. The van der Waals surface area contributed by atoms with Crippen molar-refractivity contribution < 1.29 is 89.0 Å². The van der Waals surface area contributed by atoms with Gasteiger partial charge in [-0.15, -0.1) is 0 Å². The SMILES string of the molecule is Nc1ncnc2c1ncn2[C@@H]1O[C@H](COP(=O)(O)OP(=O)(O)OP(=O)(O)OP(=O)(O)OC[C@H]2O[C@H](n3cnc4c(N)ncnc43)[C@@H](O)[C@H]2OCc2ccccc2)[C@@H](O)[C@H]1OCc1ccccc1. The summed E-state index contributed by atoms with van der Waals surface area (Å²) in [5.74, 6) is 0.0460. The van der Waals surface area contributed by atoms with Crippen molar-refractivity contribution in [3.63, 3.8) is 0 Å². The Morgan fingerprint density at radius 2 is 0.985 bits per heavy atom. The molecule has 2 aliphatic rings. The lowest BCUT2D eigenvalue weighted by atomic mass is 10.1. The molecule has 0 aliphatic carbocycles. The predicted molar refractivity (Wildman–Crippen MR) is 224 cm³/mol. The summed E-state index contributed by atoms with van der Waals surface area (Å²) < 4.78 is 99.8. The first-order chi connectivity index (χ1) is 31.8. The van der Waals surface area contributed by atoms with Gasteiger partial charge in [-0.1, -0.05) is 60.7 Å². The van der Waals surface area contributed by atoms with E-state index in [2.05, 4.69) is 42.8 Å². The van der Waals surface area contributed by atoms with Crippen molar-refractivity contribution in [2.24, 2.45) is 0 Å². The quantitative estimate of drug-likeness (QED) is 0.0507. The number of benzene rings is 2. The Morgan fingerprint density at radius 1 is 0.552 bits per heavy atom. The number of phosphoric acid groups is 4. The van der Waals surface area contributed by atoms with E-state index in [1.807, 2.05) is 0 Å². The first kappa shape index (κ1) is 48.9. The van der Waals surface area contributed by atoms with E-state index < -0.39 is 93.6 Å². The lowest BCUT2D eigenvalue weighted by Crippen LogP contribution is -2.36. The molecule has 0 bridgehead atoms. The Balaban J connectivity index is 0.891. The maximum atomic E-state index is 13.0. The van der Waals surface area contributed by atoms with Crippen molar-refractivity contribution in [1.82, 2.24) is 39.0 Å². The molecular formula is C34H40N10O19P4. The number of aliphatic hydroxyl groups excluding tert-OH is 2. The molecule has 67 heavy (non-hydrogen) atoms. The minimum atomic E-state index is -6.23. The molecule has 2 aliphatic heterocycles. The number of rotatable bonds is 20. The summed E-state index contributed by atoms with van der Waals surface area (Å²) in [7, 11) is -24.1. The van der Waals surface area contributed by atoms with E-state index in [-0.39, 0.29) is 47.2 Å². The van der Waals surface area contributed by atoms with E-state index >= 15 is 0 Å². The van der Waals surface area contributed by atoms with Crippen molar-refractivity contribution in [1.29, 1.82) is 0 Å². The van der Waals surface area contributed by atoms with Crippen molar-refractivity contribution in [3.05, 3.63) is 97.1 Å². The van der Waals surface area contributed by atoms with Gasteiger partial charge in [-0.25, -0.2) is 48.2 Å². The van der Waals surface area contributed by atoms with Crippen molar-refractivity contribution in [2.45, 2.75) is 62.3 Å². The van der Waals surface area contributed by atoms with Gasteiger partial charge in [-0.3, -0.25) is 18.2 Å². The van der Waals surface area contributed by atoms with Gasteiger partial charge in [0.25, 0.3) is 0 Å². The Labute approximate surface area is 376 Å². The van der Waals surface area contributed by atoms with Gasteiger partial charge >= 0.3 is 31.3 Å². The highest BCUT2D eigenvalue weighted by molar-refractivity contribution is 7.69. The molecule has 6 heterocycles. The lowest BCUT2D eigenvalue weighted by molar-refractivity contribution is -0.0759. The van der Waals surface area contributed by atoms with Crippen LogP contribution in [0, 0.1) is 0 Å². The largest absolute Gasteiger partial charge is 0.490 e. The number of nitrogens with two attached hydrogens (primary N) is 2. The van der Waals surface area contributed by atoms with Crippen LogP contribution in [0.4, 0.5) is 11.6 Å². The standard InChI is InChI=1S/C34H40N10O19P4/c35-29-23-31(39-15-37-29)43(17-41-23)33-26(46)27(55-11-19-7-3-1-4-8-19)22(60-33)14-58-65(49,50)62-67(53,54)63-66(51,52)61-64(47,48)57-13-21-25(45)28(56-12-20-9-5-2-6-10-20)34(59-21)44-18-42-24-30(36)38-16-40-32(24)44/h1-10,15-18,21-22,25-28,33-34,45-46H,11-14H2,(H,47,48)(H,49,50)(H,51,52)(H,53,54)(H2,35,37,39)(H2,36,38,40)/t21-,22-,25-,26+,27+,28-,33+,34-/m1/s1. The molecule has 6 aromatic rings. The van der Waals surface area contributed by atoms with Gasteiger partial charge in [-0.2, -0.15) is 12.9 Å². The summed E-state index contributed by atoms with van der Waals surface area (Å²) in [4.78, 5) is 65.6. The Morgan fingerprint density at radius 3 is 1.49 bits per heavy atom. The van der Waals surface area contributed by atoms with Crippen LogP contribution in [-0.2, 0) is 72.4 Å². The maximum absolute atomic E-state index is 13.0. The van der Waals surface area contributed by atoms with Crippen LogP contribution in [0.2, 0.25) is 0 Å². The highest BCUT2D eigenvalue weighted by Gasteiger charge is 2.51. The fourth-order valence-corrected chi connectivity index (χ4v) is 12.0. The zero-order valence-corrected chi connectivity index (χ0v) is 37.6. The summed E-state index contributed by atoms with van der Waals surface area (Å²) in [6, 6.07) is 17.4. The molecule has 0 radical (unpaired) electrons. The molecule has 12 atom stereocenters. The van der Waals surface area contributed by atoms with E-state index in [1.54, 1.807) is 60.7 Å². The summed E-state index contributed by atoms with van der Waals surface area (Å²) in [6.07, 6.45) is -6.38. The Kier molecular flexibility index (Phi) is 14.5. The molecule has 4 aromatic heterocycles. The molecule has 2 aromatic carbocycles. The molecule has 360 valence electrons. The second-order valence-electron chi connectivity index (χ2n) is 14.5. The Bertz CT molecular complexity index is 2890. The number of phosphoric ester groups is 2. The number of aromatic nitrogens is 8. The van der Waals surface area contributed by atoms with Crippen LogP contribution in [0.15, 0.2) is 86.0 Å². The molecule has 8 rings (SSSR count). The molecule has 0 saturated carbocycles. The van der Waals surface area contributed by atoms with Gasteiger partial charge in [0.1, 0.15) is 60.3 Å². The third-order valence-corrected chi connectivity index (χ3v) is 15.8. The van der Waals surface area contributed by atoms with E-state index in [4.69, 9.17) is 39.5 Å². The van der Waals surface area contributed by atoms with Crippen LogP contribution in [-0.4, -0.2) is 119 Å². The third-order valence-electron chi connectivity index (χ3n) is 9.94. The zero-order valence-electron chi connectivity index (χ0n) is 34.0. The van der Waals surface area contributed by atoms with Gasteiger partial charge < -0.3 is 60.2 Å². The highest BCUT2D eigenvalue weighted by atomic mass is 31.3. The summed E-state index contributed by atoms with van der Waals surface area (Å²) >= 11 is 0. The fourth-order valence-electron chi connectivity index (χ4n) is 7.00. The predicted octanol–water partition coefficient (Wildman–Crippen LogP) is 2.00. The number of ether oxygens (including phenoxy) is 4. The van der Waals surface area contributed by atoms with Gasteiger partial charge in [0, 0.05) is 0 Å². The van der Waals surface area contributed by atoms with Gasteiger partial charge in [0.15, 0.2) is 35.4 Å². The number of fused-ring (bicyclic) bond motifs is 2. The van der Waals surface area contributed by atoms with E-state index in [0.29, 0.717) is 11.1 Å². The second kappa shape index (κ2) is 19.8. The monoisotopic (exact) mass is 1020 g/mol. The topological polar surface area (TPSA) is 412 Å². The van der Waals surface area contributed by atoms with Crippen LogP contribution in [0.5, 0.6) is 0 Å². The first-order valence-corrected chi connectivity index (χ1v) is 25.4.